The fraction of sp³-hybridized carbons (Fsp3) is 0.417. The van der Waals surface area contributed by atoms with E-state index in [1.54, 1.807) is 4.90 Å². The van der Waals surface area contributed by atoms with Crippen molar-refractivity contribution in [1.82, 2.24) is 10.2 Å². The van der Waals surface area contributed by atoms with Crippen LogP contribution in [0.1, 0.15) is 37.3 Å². The van der Waals surface area contributed by atoms with Crippen molar-refractivity contribution in [3.05, 3.63) is 59.7 Å². The van der Waals surface area contributed by atoms with E-state index in [0.717, 1.165) is 22.6 Å². The number of rotatable bonds is 10. The number of carbonyl (C=O) groups is 2. The summed E-state index contributed by atoms with van der Waals surface area (Å²) in [4.78, 5) is 26.3. The molecule has 1 unspecified atom stereocenters. The molecule has 1 atom stereocenters. The second-order valence-electron chi connectivity index (χ2n) is 7.33. The first-order valence-corrected chi connectivity index (χ1v) is 10.6. The first-order valence-electron chi connectivity index (χ1n) is 10.6. The van der Waals surface area contributed by atoms with Gasteiger partial charge in [-0.25, -0.2) is 0 Å². The molecule has 0 saturated carbocycles. The number of likely N-dealkylation sites (tertiary alicyclic amines) is 1. The van der Waals surface area contributed by atoms with E-state index in [4.69, 9.17) is 9.47 Å². The third-order valence-electron chi connectivity index (χ3n) is 5.16. The van der Waals surface area contributed by atoms with Gasteiger partial charge in [0, 0.05) is 25.4 Å². The van der Waals surface area contributed by atoms with Crippen LogP contribution < -0.4 is 14.8 Å². The number of carbonyl (C=O) groups excluding carboxylic acids is 2. The summed E-state index contributed by atoms with van der Waals surface area (Å²) in [6.45, 7) is 6.21. The minimum Gasteiger partial charge on any atom is -0.490 e. The van der Waals surface area contributed by atoms with E-state index in [-0.39, 0.29) is 24.3 Å². The van der Waals surface area contributed by atoms with Crippen LogP contribution in [0.15, 0.2) is 48.5 Å². The minimum atomic E-state index is -0.131. The molecule has 1 aliphatic heterocycles. The van der Waals surface area contributed by atoms with E-state index < -0.39 is 0 Å². The fourth-order valence-corrected chi connectivity index (χ4v) is 3.70. The van der Waals surface area contributed by atoms with Crippen LogP contribution in [0.25, 0.3) is 0 Å². The Bertz CT molecular complexity index is 854. The Balaban J connectivity index is 1.47. The topological polar surface area (TPSA) is 67.9 Å². The molecule has 2 aromatic carbocycles. The van der Waals surface area contributed by atoms with Crippen LogP contribution in [0.3, 0.4) is 0 Å². The van der Waals surface area contributed by atoms with Crippen LogP contribution in [-0.4, -0.2) is 49.6 Å². The van der Waals surface area contributed by atoms with E-state index >= 15 is 0 Å². The minimum absolute atomic E-state index is 0.0341. The maximum Gasteiger partial charge on any atom is 0.239 e. The Labute approximate surface area is 178 Å². The van der Waals surface area contributed by atoms with Crippen LogP contribution in [0.2, 0.25) is 0 Å². The highest BCUT2D eigenvalue weighted by molar-refractivity contribution is 5.86. The molecule has 6 heteroatoms. The fourth-order valence-electron chi connectivity index (χ4n) is 3.70. The molecular weight excluding hydrogens is 380 g/mol. The van der Waals surface area contributed by atoms with Crippen LogP contribution in [0.4, 0.5) is 0 Å². The Kier molecular flexibility index (Phi) is 7.71. The second-order valence-corrected chi connectivity index (χ2v) is 7.33. The molecule has 1 heterocycles. The SMILES string of the molecule is CCOc1ccc(CCNC(=O)CN2CC(c3ccccc3)CC2=O)cc1OCC. The van der Waals surface area contributed by atoms with Gasteiger partial charge in [-0.05, 0) is 43.5 Å². The average Bonchev–Trinajstić information content (AvgIpc) is 3.11. The van der Waals surface area contributed by atoms with Crippen molar-refractivity contribution in [2.75, 3.05) is 32.8 Å². The van der Waals surface area contributed by atoms with Gasteiger partial charge in [-0.15, -0.1) is 0 Å². The molecule has 1 saturated heterocycles. The third-order valence-corrected chi connectivity index (χ3v) is 5.16. The molecule has 1 aliphatic rings. The van der Waals surface area contributed by atoms with Gasteiger partial charge in [-0.1, -0.05) is 36.4 Å². The maximum absolute atomic E-state index is 12.3. The zero-order valence-corrected chi connectivity index (χ0v) is 17.7. The molecule has 0 bridgehead atoms. The first-order chi connectivity index (χ1) is 14.6. The van der Waals surface area contributed by atoms with Gasteiger partial charge in [-0.2, -0.15) is 0 Å². The number of benzene rings is 2. The third kappa shape index (κ3) is 5.75. The number of hydrogen-bond donors (Lipinski definition) is 1. The summed E-state index contributed by atoms with van der Waals surface area (Å²) in [5.41, 5.74) is 2.21. The molecule has 2 amide bonds. The van der Waals surface area contributed by atoms with Crippen molar-refractivity contribution in [2.45, 2.75) is 32.6 Å². The second kappa shape index (κ2) is 10.7. The number of nitrogens with one attached hydrogen (secondary N) is 1. The molecule has 0 radical (unpaired) electrons. The highest BCUT2D eigenvalue weighted by Crippen LogP contribution is 2.29. The smallest absolute Gasteiger partial charge is 0.239 e. The lowest BCUT2D eigenvalue weighted by Gasteiger charge is -2.17. The molecule has 1 fully saturated rings. The molecule has 6 nitrogen and oxygen atoms in total. The summed E-state index contributed by atoms with van der Waals surface area (Å²) in [7, 11) is 0. The lowest BCUT2D eigenvalue weighted by Crippen LogP contribution is -2.38. The van der Waals surface area contributed by atoms with Crippen molar-refractivity contribution in [1.29, 1.82) is 0 Å². The Morgan fingerprint density at radius 1 is 1.07 bits per heavy atom. The molecule has 0 spiro atoms. The van der Waals surface area contributed by atoms with E-state index in [9.17, 15) is 9.59 Å². The highest BCUT2D eigenvalue weighted by Gasteiger charge is 2.31. The van der Waals surface area contributed by atoms with E-state index in [0.29, 0.717) is 39.1 Å². The van der Waals surface area contributed by atoms with Gasteiger partial charge in [-0.3, -0.25) is 9.59 Å². The van der Waals surface area contributed by atoms with Crippen molar-refractivity contribution in [3.63, 3.8) is 0 Å². The van der Waals surface area contributed by atoms with Crippen molar-refractivity contribution in [3.8, 4) is 11.5 Å². The summed E-state index contributed by atoms with van der Waals surface area (Å²) in [6, 6.07) is 15.8. The number of ether oxygens (including phenoxy) is 2. The van der Waals surface area contributed by atoms with Gasteiger partial charge in [0.25, 0.3) is 0 Å². The Morgan fingerprint density at radius 3 is 2.53 bits per heavy atom. The predicted octanol–water partition coefficient (Wildman–Crippen LogP) is 3.16. The lowest BCUT2D eigenvalue weighted by atomic mass is 9.99. The van der Waals surface area contributed by atoms with Gasteiger partial charge in [0.1, 0.15) is 0 Å². The normalized spacial score (nSPS) is 15.9. The molecular formula is C24H30N2O4. The van der Waals surface area contributed by atoms with E-state index in [1.165, 1.54) is 0 Å². The predicted molar refractivity (Wildman–Crippen MR) is 116 cm³/mol. The van der Waals surface area contributed by atoms with Gasteiger partial charge < -0.3 is 19.7 Å². The molecule has 2 aromatic rings. The van der Waals surface area contributed by atoms with Crippen molar-refractivity contribution in [2.24, 2.45) is 0 Å². The summed E-state index contributed by atoms with van der Waals surface area (Å²) in [6.07, 6.45) is 1.14. The monoisotopic (exact) mass is 410 g/mol. The number of hydrogen-bond acceptors (Lipinski definition) is 4. The summed E-state index contributed by atoms with van der Waals surface area (Å²) in [5.74, 6) is 1.51. The van der Waals surface area contributed by atoms with Gasteiger partial charge in [0.05, 0.1) is 19.8 Å². The maximum atomic E-state index is 12.3. The Hall–Kier alpha value is -3.02. The van der Waals surface area contributed by atoms with Crippen LogP contribution >= 0.6 is 0 Å². The summed E-state index contributed by atoms with van der Waals surface area (Å²) in [5, 5.41) is 2.92. The van der Waals surface area contributed by atoms with Crippen molar-refractivity contribution >= 4 is 11.8 Å². The average molecular weight is 411 g/mol. The molecule has 160 valence electrons. The van der Waals surface area contributed by atoms with Crippen molar-refractivity contribution < 1.29 is 19.1 Å². The zero-order valence-electron chi connectivity index (χ0n) is 17.7. The van der Waals surface area contributed by atoms with Gasteiger partial charge in [0.15, 0.2) is 11.5 Å². The number of amides is 2. The van der Waals surface area contributed by atoms with Crippen LogP contribution in [0.5, 0.6) is 11.5 Å². The standard InChI is InChI=1S/C24H30N2O4/c1-3-29-21-11-10-18(14-22(21)30-4-2)12-13-25-23(27)17-26-16-20(15-24(26)28)19-8-6-5-7-9-19/h5-11,14,20H,3-4,12-13,15-17H2,1-2H3,(H,25,27). The van der Waals surface area contributed by atoms with E-state index in [1.807, 2.05) is 62.4 Å². The molecule has 0 aliphatic carbocycles. The number of nitrogens with zero attached hydrogens (tertiary/aromatic N) is 1. The summed E-state index contributed by atoms with van der Waals surface area (Å²) >= 11 is 0. The van der Waals surface area contributed by atoms with Gasteiger partial charge in [0.2, 0.25) is 11.8 Å². The lowest BCUT2D eigenvalue weighted by molar-refractivity contribution is -0.133. The van der Waals surface area contributed by atoms with E-state index in [2.05, 4.69) is 5.32 Å². The first kappa shape index (κ1) is 21.7. The molecule has 0 aromatic heterocycles. The van der Waals surface area contributed by atoms with Crippen LogP contribution in [0, 0.1) is 0 Å². The molecule has 3 rings (SSSR count). The van der Waals surface area contributed by atoms with Crippen LogP contribution in [-0.2, 0) is 16.0 Å². The summed E-state index contributed by atoms with van der Waals surface area (Å²) < 4.78 is 11.2. The quantitative estimate of drug-likeness (QED) is 0.653. The Morgan fingerprint density at radius 2 is 1.80 bits per heavy atom. The molecule has 1 N–H and O–H groups in total. The zero-order chi connectivity index (χ0) is 21.3. The van der Waals surface area contributed by atoms with Gasteiger partial charge >= 0.3 is 0 Å². The highest BCUT2D eigenvalue weighted by atomic mass is 16.5. The largest absolute Gasteiger partial charge is 0.490 e. The molecule has 30 heavy (non-hydrogen) atoms.